The highest BCUT2D eigenvalue weighted by Crippen LogP contribution is 2.24. The van der Waals surface area contributed by atoms with E-state index in [0.29, 0.717) is 29.2 Å². The van der Waals surface area contributed by atoms with Crippen LogP contribution in [-0.2, 0) is 11.3 Å². The Hall–Kier alpha value is -3.15. The molecule has 0 aliphatic carbocycles. The number of carbonyl (C=O) groups excluding carboxylic acids is 1. The van der Waals surface area contributed by atoms with Crippen molar-refractivity contribution in [1.29, 1.82) is 0 Å². The van der Waals surface area contributed by atoms with Gasteiger partial charge in [0.2, 0.25) is 0 Å². The van der Waals surface area contributed by atoms with E-state index in [4.69, 9.17) is 4.74 Å². The molecule has 3 aromatic rings. The van der Waals surface area contributed by atoms with E-state index in [1.54, 1.807) is 23.1 Å². The Balaban J connectivity index is 1.71. The largest absolute Gasteiger partial charge is 0.483 e. The smallest absolute Gasteiger partial charge is 0.260 e. The lowest BCUT2D eigenvalue weighted by Gasteiger charge is -2.21. The maximum atomic E-state index is 12.7. The number of hydrogen-bond acceptors (Lipinski definition) is 4. The van der Waals surface area contributed by atoms with Crippen molar-refractivity contribution >= 4 is 16.8 Å². The molecule has 0 saturated heterocycles. The van der Waals surface area contributed by atoms with Crippen LogP contribution in [0.5, 0.6) is 5.75 Å². The van der Waals surface area contributed by atoms with Crippen molar-refractivity contribution in [2.24, 2.45) is 0 Å². The summed E-state index contributed by atoms with van der Waals surface area (Å²) < 4.78 is 5.82. The first-order valence-corrected chi connectivity index (χ1v) is 9.88. The van der Waals surface area contributed by atoms with Crippen LogP contribution in [0.1, 0.15) is 43.6 Å². The Labute approximate surface area is 170 Å². The Morgan fingerprint density at radius 1 is 1.21 bits per heavy atom. The van der Waals surface area contributed by atoms with Crippen LogP contribution in [0, 0.1) is 6.92 Å². The summed E-state index contributed by atoms with van der Waals surface area (Å²) in [6.07, 6.45) is 0. The van der Waals surface area contributed by atoms with Gasteiger partial charge in [0, 0.05) is 6.54 Å². The number of amides is 1. The number of nitrogens with zero attached hydrogens (tertiary/aromatic N) is 2. The van der Waals surface area contributed by atoms with Gasteiger partial charge < -0.3 is 14.6 Å². The van der Waals surface area contributed by atoms with Crippen LogP contribution >= 0.6 is 0 Å². The zero-order chi connectivity index (χ0) is 21.0. The predicted octanol–water partition coefficient (Wildman–Crippen LogP) is 3.78. The fourth-order valence-electron chi connectivity index (χ4n) is 3.13. The summed E-state index contributed by atoms with van der Waals surface area (Å²) in [5.41, 5.74) is 2.58. The number of hydrogen-bond donors (Lipinski definition) is 1. The van der Waals surface area contributed by atoms with Gasteiger partial charge in [0.1, 0.15) is 11.6 Å². The minimum absolute atomic E-state index is 0.0615. The monoisotopic (exact) mass is 393 g/mol. The van der Waals surface area contributed by atoms with Crippen molar-refractivity contribution in [3.8, 4) is 5.75 Å². The lowest BCUT2D eigenvalue weighted by molar-refractivity contribution is -0.133. The van der Waals surface area contributed by atoms with Crippen LogP contribution in [-0.4, -0.2) is 33.9 Å². The molecular formula is C23H27N3O3. The molecule has 0 radical (unpaired) electrons. The number of aryl methyl sites for hydroxylation is 1. The molecule has 1 amide bonds. The van der Waals surface area contributed by atoms with Crippen molar-refractivity contribution < 1.29 is 9.53 Å². The summed E-state index contributed by atoms with van der Waals surface area (Å²) in [6, 6.07) is 13.2. The topological polar surface area (TPSA) is 75.3 Å². The van der Waals surface area contributed by atoms with Crippen molar-refractivity contribution in [3.63, 3.8) is 0 Å². The second kappa shape index (κ2) is 8.90. The highest BCUT2D eigenvalue weighted by atomic mass is 16.5. The number of ether oxygens (including phenoxy) is 1. The molecule has 0 bridgehead atoms. The molecule has 3 rings (SSSR count). The van der Waals surface area contributed by atoms with Gasteiger partial charge in [-0.05, 0) is 49.1 Å². The second-order valence-electron chi connectivity index (χ2n) is 7.41. The van der Waals surface area contributed by atoms with E-state index >= 15 is 0 Å². The van der Waals surface area contributed by atoms with Gasteiger partial charge in [0.15, 0.2) is 6.61 Å². The number of benzene rings is 2. The molecule has 1 N–H and O–H groups in total. The van der Waals surface area contributed by atoms with E-state index in [2.05, 4.69) is 29.9 Å². The predicted molar refractivity (Wildman–Crippen MR) is 114 cm³/mol. The number of aromatic nitrogens is 2. The number of rotatable bonds is 7. The maximum absolute atomic E-state index is 12.7. The maximum Gasteiger partial charge on any atom is 0.260 e. The number of likely N-dealkylation sites (N-methyl/N-ethyl adjacent to an activating group) is 1. The Morgan fingerprint density at radius 3 is 2.69 bits per heavy atom. The molecule has 0 aliphatic rings. The van der Waals surface area contributed by atoms with Crippen LogP contribution in [0.15, 0.2) is 47.3 Å². The van der Waals surface area contributed by atoms with Gasteiger partial charge in [-0.1, -0.05) is 38.1 Å². The summed E-state index contributed by atoms with van der Waals surface area (Å²) in [4.78, 5) is 33.8. The van der Waals surface area contributed by atoms with Gasteiger partial charge in [-0.25, -0.2) is 4.98 Å². The number of fused-ring (bicyclic) bond motifs is 1. The van der Waals surface area contributed by atoms with Crippen molar-refractivity contribution in [1.82, 2.24) is 14.9 Å². The minimum Gasteiger partial charge on any atom is -0.483 e. The summed E-state index contributed by atoms with van der Waals surface area (Å²) >= 11 is 0. The zero-order valence-electron chi connectivity index (χ0n) is 17.4. The molecule has 1 aromatic heterocycles. The minimum atomic E-state index is -0.202. The molecule has 6 nitrogen and oxygen atoms in total. The molecule has 0 aliphatic heterocycles. The lowest BCUT2D eigenvalue weighted by Crippen LogP contribution is -2.35. The fourth-order valence-corrected chi connectivity index (χ4v) is 3.13. The normalized spacial score (nSPS) is 11.1. The Kier molecular flexibility index (Phi) is 6.32. The summed E-state index contributed by atoms with van der Waals surface area (Å²) in [7, 11) is 0. The molecule has 29 heavy (non-hydrogen) atoms. The number of para-hydroxylation sites is 1. The third kappa shape index (κ3) is 4.83. The molecule has 1 heterocycles. The van der Waals surface area contributed by atoms with Crippen LogP contribution in [0.25, 0.3) is 10.9 Å². The molecular weight excluding hydrogens is 366 g/mol. The Bertz CT molecular complexity index is 1070. The van der Waals surface area contributed by atoms with Gasteiger partial charge in [-0.15, -0.1) is 0 Å². The zero-order valence-corrected chi connectivity index (χ0v) is 17.4. The number of aromatic amines is 1. The van der Waals surface area contributed by atoms with E-state index < -0.39 is 0 Å². The van der Waals surface area contributed by atoms with E-state index in [-0.39, 0.29) is 24.6 Å². The SMILES string of the molecule is CCN(Cc1nc2ccccc2c(=O)[nH]1)C(=O)COc1cc(C(C)C)ccc1C. The first kappa shape index (κ1) is 20.6. The number of H-pyrrole nitrogens is 1. The van der Waals surface area contributed by atoms with E-state index in [9.17, 15) is 9.59 Å². The van der Waals surface area contributed by atoms with Crippen LogP contribution in [0.4, 0.5) is 0 Å². The first-order valence-electron chi connectivity index (χ1n) is 9.88. The average Bonchev–Trinajstić information content (AvgIpc) is 2.71. The van der Waals surface area contributed by atoms with Gasteiger partial charge >= 0.3 is 0 Å². The number of carbonyl (C=O) groups is 1. The standard InChI is InChI=1S/C23H27N3O3/c1-5-26(13-21-24-19-9-7-6-8-18(19)23(28)25-21)22(27)14-29-20-12-17(15(2)3)11-10-16(20)4/h6-12,15H,5,13-14H2,1-4H3,(H,24,25,28). The average molecular weight is 393 g/mol. The number of nitrogens with one attached hydrogen (secondary N) is 1. The van der Waals surface area contributed by atoms with Gasteiger partial charge in [-0.2, -0.15) is 0 Å². The van der Waals surface area contributed by atoms with Crippen molar-refractivity contribution in [2.45, 2.75) is 40.2 Å². The second-order valence-corrected chi connectivity index (χ2v) is 7.41. The summed E-state index contributed by atoms with van der Waals surface area (Å²) in [5, 5.41) is 0.537. The van der Waals surface area contributed by atoms with Crippen LogP contribution in [0.3, 0.4) is 0 Å². The van der Waals surface area contributed by atoms with Crippen LogP contribution in [0.2, 0.25) is 0 Å². The highest BCUT2D eigenvalue weighted by molar-refractivity contribution is 5.78. The molecule has 0 fully saturated rings. The van der Waals surface area contributed by atoms with Crippen LogP contribution < -0.4 is 10.3 Å². The third-order valence-corrected chi connectivity index (χ3v) is 4.97. The molecule has 2 aromatic carbocycles. The van der Waals surface area contributed by atoms with Gasteiger partial charge in [0.05, 0.1) is 17.4 Å². The Morgan fingerprint density at radius 2 is 1.97 bits per heavy atom. The molecule has 6 heteroatoms. The van der Waals surface area contributed by atoms with E-state index in [1.807, 2.05) is 32.0 Å². The molecule has 0 spiro atoms. The summed E-state index contributed by atoms with van der Waals surface area (Å²) in [5.74, 6) is 1.41. The van der Waals surface area contributed by atoms with E-state index in [1.165, 1.54) is 5.56 Å². The quantitative estimate of drug-likeness (QED) is 0.663. The lowest BCUT2D eigenvalue weighted by atomic mass is 10.0. The molecule has 0 unspecified atom stereocenters. The summed E-state index contributed by atoms with van der Waals surface area (Å²) in [6.45, 7) is 8.75. The van der Waals surface area contributed by atoms with E-state index in [0.717, 1.165) is 11.3 Å². The molecule has 0 saturated carbocycles. The van der Waals surface area contributed by atoms with Crippen molar-refractivity contribution in [2.75, 3.05) is 13.2 Å². The van der Waals surface area contributed by atoms with Gasteiger partial charge in [0.25, 0.3) is 11.5 Å². The first-order chi connectivity index (χ1) is 13.9. The van der Waals surface area contributed by atoms with Crippen molar-refractivity contribution in [3.05, 3.63) is 69.8 Å². The molecule has 0 atom stereocenters. The van der Waals surface area contributed by atoms with Gasteiger partial charge in [-0.3, -0.25) is 9.59 Å². The molecule has 152 valence electrons. The third-order valence-electron chi connectivity index (χ3n) is 4.97. The highest BCUT2D eigenvalue weighted by Gasteiger charge is 2.16. The fraction of sp³-hybridized carbons (Fsp3) is 0.348.